The molecule has 0 saturated carbocycles. The summed E-state index contributed by atoms with van der Waals surface area (Å²) < 4.78 is 44.6. The van der Waals surface area contributed by atoms with Gasteiger partial charge >= 0.3 is 175 Å². The molecule has 0 saturated heterocycles. The Kier molecular flexibility index (Phi) is 5.04. The van der Waals surface area contributed by atoms with Crippen LogP contribution in [0.3, 0.4) is 0 Å². The minimum atomic E-state index is -4.47. The molecule has 4 rings (SSSR count). The normalized spacial score (nSPS) is 12.4. The Bertz CT molecular complexity index is 1190. The number of rotatable bonds is 4. The van der Waals surface area contributed by atoms with Crippen molar-refractivity contribution in [3.05, 3.63) is 45.6 Å². The second-order valence-electron chi connectivity index (χ2n) is 6.83. The van der Waals surface area contributed by atoms with Gasteiger partial charge in [0.15, 0.2) is 0 Å². The summed E-state index contributed by atoms with van der Waals surface area (Å²) in [5.74, 6) is 0.366. The molecule has 29 heavy (non-hydrogen) atoms. The van der Waals surface area contributed by atoms with Crippen LogP contribution in [0.5, 0.6) is 0 Å². The fourth-order valence-electron chi connectivity index (χ4n) is 3.03. The first-order valence-corrected chi connectivity index (χ1v) is 10.8. The van der Waals surface area contributed by atoms with Crippen LogP contribution in [0, 0.1) is 6.92 Å². The number of fused-ring (bicyclic) bond motifs is 1. The fourth-order valence-corrected chi connectivity index (χ4v) is 5.23. The molecule has 0 aromatic carbocycles. The molecule has 0 radical (unpaired) electrons. The summed E-state index contributed by atoms with van der Waals surface area (Å²) in [6, 6.07) is 3.64. The molecule has 0 N–H and O–H groups in total. The number of aryl methyl sites for hydroxylation is 1. The van der Waals surface area contributed by atoms with Crippen molar-refractivity contribution in [2.45, 2.75) is 39.5 Å². The molecular weight excluding hydrogens is 472 g/mol. The Morgan fingerprint density at radius 3 is 2.66 bits per heavy atom. The van der Waals surface area contributed by atoms with Crippen molar-refractivity contribution in [2.75, 3.05) is 0 Å². The zero-order valence-electron chi connectivity index (χ0n) is 15.7. The van der Waals surface area contributed by atoms with Crippen molar-refractivity contribution in [2.24, 2.45) is 0 Å². The molecule has 152 valence electrons. The first-order valence-electron chi connectivity index (χ1n) is 8.74. The molecule has 4 heterocycles. The molecular formula is C18H16ClF3N6Se. The van der Waals surface area contributed by atoms with Crippen molar-refractivity contribution in [1.82, 2.24) is 29.3 Å². The van der Waals surface area contributed by atoms with Gasteiger partial charge in [-0.25, -0.2) is 0 Å². The monoisotopic (exact) mass is 488 g/mol. The zero-order chi connectivity index (χ0) is 20.9. The van der Waals surface area contributed by atoms with Gasteiger partial charge in [-0.3, -0.25) is 0 Å². The molecule has 0 aliphatic rings. The number of imidazole rings is 1. The van der Waals surface area contributed by atoms with E-state index in [1.54, 1.807) is 15.4 Å². The quantitative estimate of drug-likeness (QED) is 0.317. The molecule has 6 nitrogen and oxygen atoms in total. The maximum absolute atomic E-state index is 13.1. The Morgan fingerprint density at radius 1 is 1.21 bits per heavy atom. The van der Waals surface area contributed by atoms with Crippen molar-refractivity contribution in [1.29, 1.82) is 0 Å². The molecule has 4 aromatic rings. The molecule has 0 atom stereocenters. The summed E-state index contributed by atoms with van der Waals surface area (Å²) in [6.07, 6.45) is -1.75. The minimum absolute atomic E-state index is 0.133. The third-order valence-electron chi connectivity index (χ3n) is 4.41. The van der Waals surface area contributed by atoms with Crippen LogP contribution in [0.2, 0.25) is 5.28 Å². The predicted octanol–water partition coefficient (Wildman–Crippen LogP) is 4.36. The average Bonchev–Trinajstić information content (AvgIpc) is 3.32. The molecule has 0 spiro atoms. The maximum atomic E-state index is 13.1. The van der Waals surface area contributed by atoms with E-state index >= 15 is 0 Å². The summed E-state index contributed by atoms with van der Waals surface area (Å²) in [6.45, 7) is 6.02. The summed E-state index contributed by atoms with van der Waals surface area (Å²) in [5.41, 5.74) is 0.559. The van der Waals surface area contributed by atoms with Crippen molar-refractivity contribution in [3.8, 4) is 10.3 Å². The number of halogens is 4. The van der Waals surface area contributed by atoms with Gasteiger partial charge in [-0.05, 0) is 0 Å². The van der Waals surface area contributed by atoms with Gasteiger partial charge in [-0.15, -0.1) is 0 Å². The van der Waals surface area contributed by atoms with Gasteiger partial charge in [-0.1, -0.05) is 0 Å². The first-order chi connectivity index (χ1) is 13.6. The number of aromatic nitrogens is 6. The van der Waals surface area contributed by atoms with Gasteiger partial charge < -0.3 is 0 Å². The van der Waals surface area contributed by atoms with Crippen LogP contribution >= 0.6 is 11.6 Å². The van der Waals surface area contributed by atoms with Crippen LogP contribution in [-0.2, 0) is 12.7 Å². The SMILES string of the molecule is Cc1nn(Cc2ccc(-c3nc(C(F)(F)F)cn3C(C)C)[se]2)c2nc(Cl)ncc12. The van der Waals surface area contributed by atoms with Crippen LogP contribution < -0.4 is 0 Å². The van der Waals surface area contributed by atoms with Crippen LogP contribution in [0.4, 0.5) is 13.2 Å². The molecule has 0 aliphatic carbocycles. The van der Waals surface area contributed by atoms with Crippen LogP contribution in [0.15, 0.2) is 24.5 Å². The van der Waals surface area contributed by atoms with Crippen LogP contribution in [-0.4, -0.2) is 43.8 Å². The van der Waals surface area contributed by atoms with E-state index in [0.29, 0.717) is 18.0 Å². The van der Waals surface area contributed by atoms with Gasteiger partial charge in [0.2, 0.25) is 0 Å². The first kappa shape index (κ1) is 20.1. The Morgan fingerprint density at radius 2 is 1.97 bits per heavy atom. The summed E-state index contributed by atoms with van der Waals surface area (Å²) >= 11 is 5.74. The second-order valence-corrected chi connectivity index (χ2v) is 9.62. The molecule has 0 bridgehead atoms. The van der Waals surface area contributed by atoms with Gasteiger partial charge in [-0.2, -0.15) is 0 Å². The number of alkyl halides is 3. The second kappa shape index (κ2) is 7.27. The van der Waals surface area contributed by atoms with Gasteiger partial charge in [0, 0.05) is 0 Å². The van der Waals surface area contributed by atoms with Crippen LogP contribution in [0.25, 0.3) is 21.3 Å². The van der Waals surface area contributed by atoms with E-state index in [9.17, 15) is 13.2 Å². The number of nitrogens with zero attached hydrogens (tertiary/aromatic N) is 6. The third-order valence-corrected chi connectivity index (χ3v) is 6.83. The number of hydrogen-bond acceptors (Lipinski definition) is 4. The molecule has 0 amide bonds. The third kappa shape index (κ3) is 3.84. The topological polar surface area (TPSA) is 61.4 Å². The van der Waals surface area contributed by atoms with Crippen molar-refractivity contribution < 1.29 is 13.2 Å². The molecule has 0 unspecified atom stereocenters. The van der Waals surface area contributed by atoms with E-state index in [-0.39, 0.29) is 25.8 Å². The standard InChI is InChI=1S/C18H16ClF3N6Se/c1-9(2)27-8-14(18(20,21)22)24-16(27)13-5-4-11(29-13)7-28-15-12(10(3)26-28)6-23-17(19)25-15/h4-6,8-9H,7H2,1-3H3. The van der Waals surface area contributed by atoms with Crippen LogP contribution in [0.1, 0.15) is 35.7 Å². The van der Waals surface area contributed by atoms with E-state index in [1.165, 1.54) is 0 Å². The van der Waals surface area contributed by atoms with Gasteiger partial charge in [0.25, 0.3) is 0 Å². The van der Waals surface area contributed by atoms with E-state index in [2.05, 4.69) is 20.1 Å². The van der Waals surface area contributed by atoms with Gasteiger partial charge in [0.05, 0.1) is 0 Å². The molecule has 0 fully saturated rings. The summed E-state index contributed by atoms with van der Waals surface area (Å²) in [7, 11) is 0. The Labute approximate surface area is 175 Å². The van der Waals surface area contributed by atoms with E-state index in [4.69, 9.17) is 11.6 Å². The molecule has 0 aliphatic heterocycles. The summed E-state index contributed by atoms with van der Waals surface area (Å²) in [4.78, 5) is 12.1. The fraction of sp³-hybridized carbons (Fsp3) is 0.333. The number of hydrogen-bond donors (Lipinski definition) is 0. The van der Waals surface area contributed by atoms with E-state index in [0.717, 1.165) is 26.2 Å². The van der Waals surface area contributed by atoms with E-state index in [1.807, 2.05) is 32.9 Å². The van der Waals surface area contributed by atoms with Crippen molar-refractivity contribution in [3.63, 3.8) is 0 Å². The van der Waals surface area contributed by atoms with Crippen molar-refractivity contribution >= 4 is 37.1 Å². The zero-order valence-corrected chi connectivity index (χ0v) is 18.2. The van der Waals surface area contributed by atoms with Gasteiger partial charge in [0.1, 0.15) is 0 Å². The molecule has 11 heteroatoms. The predicted molar refractivity (Wildman–Crippen MR) is 104 cm³/mol. The Hall–Kier alpha value is -2.16. The Balaban J connectivity index is 1.70. The summed E-state index contributed by atoms with van der Waals surface area (Å²) in [5, 5.41) is 5.47. The molecule has 4 aromatic heterocycles. The average molecular weight is 488 g/mol. The van der Waals surface area contributed by atoms with E-state index < -0.39 is 11.9 Å².